The molecule has 0 spiro atoms. The number of ether oxygens (including phenoxy) is 1. The van der Waals surface area contributed by atoms with Gasteiger partial charge in [0.2, 0.25) is 0 Å². The second-order valence-electron chi connectivity index (χ2n) is 5.97. The summed E-state index contributed by atoms with van der Waals surface area (Å²) in [4.78, 5) is 12.2. The highest BCUT2D eigenvalue weighted by molar-refractivity contribution is 5.89. The Morgan fingerprint density at radius 3 is 2.38 bits per heavy atom. The van der Waals surface area contributed by atoms with Crippen molar-refractivity contribution in [2.24, 2.45) is 0 Å². The molecule has 3 rings (SSSR count). The molecule has 0 unspecified atom stereocenters. The highest BCUT2D eigenvalue weighted by Gasteiger charge is 2.08. The van der Waals surface area contributed by atoms with Crippen LogP contribution in [0.25, 0.3) is 0 Å². The number of benzene rings is 2. The summed E-state index contributed by atoms with van der Waals surface area (Å²) in [6.45, 7) is 5.05. The maximum atomic E-state index is 12.2. The Bertz CT molecular complexity index is 801. The van der Waals surface area contributed by atoms with Crippen LogP contribution in [-0.2, 0) is 17.9 Å². The molecule has 0 radical (unpaired) electrons. The fourth-order valence-corrected chi connectivity index (χ4v) is 2.71. The van der Waals surface area contributed by atoms with Crippen molar-refractivity contribution in [3.63, 3.8) is 0 Å². The lowest BCUT2D eigenvalue weighted by Gasteiger charge is -2.08. The third kappa shape index (κ3) is 4.10. The molecule has 1 heterocycles. The topological polar surface area (TPSA) is 44.1 Å². The lowest BCUT2D eigenvalue weighted by atomic mass is 10.1. The molecule has 0 fully saturated rings. The van der Waals surface area contributed by atoms with Crippen molar-refractivity contribution in [3.05, 3.63) is 88.7 Å². The fourth-order valence-electron chi connectivity index (χ4n) is 2.71. The van der Waals surface area contributed by atoms with Crippen molar-refractivity contribution < 1.29 is 9.53 Å². The fraction of sp³-hybridized carbons (Fsp3) is 0.200. The van der Waals surface area contributed by atoms with Crippen LogP contribution in [0, 0.1) is 13.8 Å². The molecule has 1 aromatic heterocycles. The zero-order valence-corrected chi connectivity index (χ0v) is 13.9. The van der Waals surface area contributed by atoms with Gasteiger partial charge in [-0.25, -0.2) is 4.79 Å². The van der Waals surface area contributed by atoms with Gasteiger partial charge >= 0.3 is 5.97 Å². The molecule has 122 valence electrons. The molecule has 0 bridgehead atoms. The maximum absolute atomic E-state index is 12.2. The van der Waals surface area contributed by atoms with Crippen LogP contribution in [0.3, 0.4) is 0 Å². The molecule has 0 saturated heterocycles. The molecule has 0 aliphatic carbocycles. The smallest absolute Gasteiger partial charge is 0.338 e. The van der Waals surface area contributed by atoms with E-state index >= 15 is 0 Å². The van der Waals surface area contributed by atoms with E-state index in [1.165, 1.54) is 11.1 Å². The zero-order valence-electron chi connectivity index (χ0n) is 13.9. The Morgan fingerprint density at radius 1 is 1.04 bits per heavy atom. The Labute approximate surface area is 141 Å². The van der Waals surface area contributed by atoms with E-state index in [9.17, 15) is 4.79 Å². The molecular formula is C20H20N2O2. The van der Waals surface area contributed by atoms with Gasteiger partial charge in [-0.3, -0.25) is 4.68 Å². The molecule has 2 aromatic carbocycles. The summed E-state index contributed by atoms with van der Waals surface area (Å²) in [5.74, 6) is -0.306. The minimum absolute atomic E-state index is 0.288. The normalized spacial score (nSPS) is 10.6. The van der Waals surface area contributed by atoms with Crippen LogP contribution in [0.4, 0.5) is 0 Å². The molecule has 0 atom stereocenters. The molecule has 0 N–H and O–H groups in total. The molecule has 3 aromatic rings. The van der Waals surface area contributed by atoms with Crippen molar-refractivity contribution in [3.8, 4) is 0 Å². The average Bonchev–Trinajstić information content (AvgIpc) is 3.05. The molecule has 0 aliphatic heterocycles. The number of hydrogen-bond acceptors (Lipinski definition) is 3. The maximum Gasteiger partial charge on any atom is 0.338 e. The summed E-state index contributed by atoms with van der Waals surface area (Å²) in [5.41, 5.74) is 5.00. The van der Waals surface area contributed by atoms with Crippen LogP contribution in [0.15, 0.2) is 60.9 Å². The molecule has 4 nitrogen and oxygen atoms in total. The molecule has 0 saturated carbocycles. The van der Waals surface area contributed by atoms with Gasteiger partial charge in [-0.05, 0) is 43.2 Å². The van der Waals surface area contributed by atoms with E-state index < -0.39 is 0 Å². The lowest BCUT2D eigenvalue weighted by Crippen LogP contribution is -2.06. The van der Waals surface area contributed by atoms with E-state index in [0.29, 0.717) is 12.1 Å². The first-order valence-electron chi connectivity index (χ1n) is 7.91. The number of hydrogen-bond donors (Lipinski definition) is 0. The second-order valence-corrected chi connectivity index (χ2v) is 5.97. The van der Waals surface area contributed by atoms with Crippen molar-refractivity contribution >= 4 is 5.97 Å². The quantitative estimate of drug-likeness (QED) is 0.670. The molecule has 0 amide bonds. The molecule has 24 heavy (non-hydrogen) atoms. The number of carbonyl (C=O) groups excluding carboxylic acids is 1. The highest BCUT2D eigenvalue weighted by Crippen LogP contribution is 2.12. The van der Waals surface area contributed by atoms with Gasteiger partial charge in [-0.2, -0.15) is 5.10 Å². The molecule has 4 heteroatoms. The second kappa shape index (κ2) is 7.13. The Balaban J connectivity index is 1.60. The van der Waals surface area contributed by atoms with Crippen LogP contribution in [0.2, 0.25) is 0 Å². The summed E-state index contributed by atoms with van der Waals surface area (Å²) in [7, 11) is 0. The first-order valence-corrected chi connectivity index (χ1v) is 7.91. The first-order chi connectivity index (χ1) is 11.6. The van der Waals surface area contributed by atoms with Gasteiger partial charge in [-0.15, -0.1) is 0 Å². The number of aryl methyl sites for hydroxylation is 2. The third-order valence-corrected chi connectivity index (χ3v) is 3.74. The van der Waals surface area contributed by atoms with Gasteiger partial charge in [0.25, 0.3) is 0 Å². The number of carbonyl (C=O) groups is 1. The van der Waals surface area contributed by atoms with Crippen LogP contribution >= 0.6 is 0 Å². The molecular weight excluding hydrogens is 300 g/mol. The summed E-state index contributed by atoms with van der Waals surface area (Å²) < 4.78 is 7.25. The molecule has 0 aliphatic rings. The van der Waals surface area contributed by atoms with Gasteiger partial charge in [-0.1, -0.05) is 41.5 Å². The van der Waals surface area contributed by atoms with Gasteiger partial charge in [0.1, 0.15) is 6.61 Å². The van der Waals surface area contributed by atoms with Gasteiger partial charge in [0.15, 0.2) is 0 Å². The van der Waals surface area contributed by atoms with Gasteiger partial charge in [0.05, 0.1) is 12.1 Å². The predicted molar refractivity (Wildman–Crippen MR) is 92.8 cm³/mol. The van der Waals surface area contributed by atoms with Crippen LogP contribution in [0.5, 0.6) is 0 Å². The Kier molecular flexibility index (Phi) is 4.75. The number of esters is 1. The van der Waals surface area contributed by atoms with E-state index in [4.69, 9.17) is 4.74 Å². The van der Waals surface area contributed by atoms with Crippen molar-refractivity contribution in [1.29, 1.82) is 0 Å². The first kappa shape index (κ1) is 16.0. The van der Waals surface area contributed by atoms with Crippen LogP contribution < -0.4 is 0 Å². The van der Waals surface area contributed by atoms with Gasteiger partial charge in [0, 0.05) is 12.4 Å². The van der Waals surface area contributed by atoms with Crippen molar-refractivity contribution in [2.75, 3.05) is 0 Å². The Hall–Kier alpha value is -2.88. The minimum Gasteiger partial charge on any atom is -0.457 e. The van der Waals surface area contributed by atoms with E-state index in [0.717, 1.165) is 11.1 Å². The van der Waals surface area contributed by atoms with E-state index in [1.807, 2.05) is 55.1 Å². The number of rotatable bonds is 5. The van der Waals surface area contributed by atoms with Gasteiger partial charge < -0.3 is 4.74 Å². The van der Waals surface area contributed by atoms with E-state index in [-0.39, 0.29) is 12.6 Å². The summed E-state index contributed by atoms with van der Waals surface area (Å²) in [6, 6.07) is 15.5. The summed E-state index contributed by atoms with van der Waals surface area (Å²) >= 11 is 0. The van der Waals surface area contributed by atoms with E-state index in [2.05, 4.69) is 11.2 Å². The SMILES string of the molecule is Cc1cc(C)cc(COC(=O)c2ccc(Cn3cccn3)cc2)c1. The predicted octanol–water partition coefficient (Wildman–Crippen LogP) is 3.91. The lowest BCUT2D eigenvalue weighted by molar-refractivity contribution is 0.0472. The summed E-state index contributed by atoms with van der Waals surface area (Å²) in [6.07, 6.45) is 3.66. The van der Waals surface area contributed by atoms with Crippen molar-refractivity contribution in [1.82, 2.24) is 9.78 Å². The minimum atomic E-state index is -0.306. The Morgan fingerprint density at radius 2 is 1.75 bits per heavy atom. The van der Waals surface area contributed by atoms with E-state index in [1.54, 1.807) is 18.3 Å². The third-order valence-electron chi connectivity index (χ3n) is 3.74. The number of nitrogens with zero attached hydrogens (tertiary/aromatic N) is 2. The monoisotopic (exact) mass is 320 g/mol. The van der Waals surface area contributed by atoms with Crippen molar-refractivity contribution in [2.45, 2.75) is 27.0 Å². The average molecular weight is 320 g/mol. The largest absolute Gasteiger partial charge is 0.457 e. The van der Waals surface area contributed by atoms with Crippen LogP contribution in [0.1, 0.15) is 32.6 Å². The summed E-state index contributed by atoms with van der Waals surface area (Å²) in [5, 5.41) is 4.17. The standard InChI is InChI=1S/C20H20N2O2/c1-15-10-16(2)12-18(11-15)14-24-20(23)19-6-4-17(5-7-19)13-22-9-3-8-21-22/h3-12H,13-14H2,1-2H3. The number of aromatic nitrogens is 2. The highest BCUT2D eigenvalue weighted by atomic mass is 16.5. The van der Waals surface area contributed by atoms with Crippen LogP contribution in [-0.4, -0.2) is 15.7 Å². The zero-order chi connectivity index (χ0) is 16.9.